The maximum Gasteiger partial charge on any atom is 0.262 e. The van der Waals surface area contributed by atoms with E-state index in [1.807, 2.05) is 37.4 Å². The molecule has 0 bridgehead atoms. The van der Waals surface area contributed by atoms with E-state index in [0.717, 1.165) is 44.1 Å². The molecule has 1 aliphatic heterocycles. The van der Waals surface area contributed by atoms with Crippen LogP contribution in [0.15, 0.2) is 72.1 Å². The highest BCUT2D eigenvalue weighted by Gasteiger charge is 2.25. The Balaban J connectivity index is 1.29. The lowest BCUT2D eigenvalue weighted by molar-refractivity contribution is -0.118. The van der Waals surface area contributed by atoms with Crippen molar-refractivity contribution in [1.82, 2.24) is 10.2 Å². The third-order valence-corrected chi connectivity index (χ3v) is 6.97. The highest BCUT2D eigenvalue weighted by atomic mass is 32.1. The summed E-state index contributed by atoms with van der Waals surface area (Å²) in [6.07, 6.45) is 0. The fraction of sp³-hybridized carbons (Fsp3) is 0.333. The lowest BCUT2D eigenvalue weighted by atomic mass is 10.0. The van der Waals surface area contributed by atoms with Gasteiger partial charge in [0.1, 0.15) is 6.04 Å². The molecule has 2 amide bonds. The van der Waals surface area contributed by atoms with Gasteiger partial charge in [-0.15, -0.1) is 11.3 Å². The van der Waals surface area contributed by atoms with E-state index in [2.05, 4.69) is 62.9 Å². The molecule has 0 radical (unpaired) electrons. The van der Waals surface area contributed by atoms with E-state index in [9.17, 15) is 9.59 Å². The molecule has 34 heavy (non-hydrogen) atoms. The van der Waals surface area contributed by atoms with Gasteiger partial charge in [-0.25, -0.2) is 0 Å². The summed E-state index contributed by atoms with van der Waals surface area (Å²) >= 11 is 1.36. The summed E-state index contributed by atoms with van der Waals surface area (Å²) in [5.74, 6) is -0.455. The number of nitrogens with zero attached hydrogens (tertiary/aromatic N) is 2. The second kappa shape index (κ2) is 11.3. The van der Waals surface area contributed by atoms with E-state index in [1.165, 1.54) is 16.9 Å². The summed E-state index contributed by atoms with van der Waals surface area (Å²) in [6.45, 7) is 8.84. The predicted octanol–water partition coefficient (Wildman–Crippen LogP) is 4.46. The number of carbonyl (C=O) groups excluding carboxylic acids is 2. The topological polar surface area (TPSA) is 64.7 Å². The van der Waals surface area contributed by atoms with Crippen LogP contribution in [0.2, 0.25) is 0 Å². The van der Waals surface area contributed by atoms with E-state index in [1.54, 1.807) is 6.07 Å². The summed E-state index contributed by atoms with van der Waals surface area (Å²) in [7, 11) is 0. The molecule has 4 rings (SSSR count). The molecular formula is C27H32N4O2S. The normalized spacial score (nSPS) is 15.2. The number of benzene rings is 2. The Bertz CT molecular complexity index is 1060. The molecule has 0 saturated carbocycles. The van der Waals surface area contributed by atoms with Crippen molar-refractivity contribution in [2.45, 2.75) is 26.4 Å². The van der Waals surface area contributed by atoms with Gasteiger partial charge in [-0.2, -0.15) is 0 Å². The molecule has 2 aromatic carbocycles. The fourth-order valence-corrected chi connectivity index (χ4v) is 4.76. The first-order valence-electron chi connectivity index (χ1n) is 11.8. The Kier molecular flexibility index (Phi) is 7.98. The number of thiophene rings is 1. The molecule has 1 atom stereocenters. The third kappa shape index (κ3) is 6.24. The summed E-state index contributed by atoms with van der Waals surface area (Å²) in [4.78, 5) is 30.8. The van der Waals surface area contributed by atoms with Crippen LogP contribution in [0.25, 0.3) is 0 Å². The Labute approximate surface area is 205 Å². The molecule has 1 aliphatic rings. The number of hydrogen-bond acceptors (Lipinski definition) is 5. The molecule has 1 aromatic heterocycles. The Morgan fingerprint density at radius 2 is 1.62 bits per heavy atom. The molecule has 2 heterocycles. The highest BCUT2D eigenvalue weighted by Crippen LogP contribution is 2.21. The zero-order valence-electron chi connectivity index (χ0n) is 19.7. The maximum atomic E-state index is 12.9. The van der Waals surface area contributed by atoms with Crippen LogP contribution in [0, 0.1) is 5.92 Å². The molecule has 1 fully saturated rings. The van der Waals surface area contributed by atoms with Crippen molar-refractivity contribution in [3.63, 3.8) is 0 Å². The standard InChI is InChI=1S/C27H32N4O2S/c1-20(2)25(29-26(32)24-9-6-18-34-24)27(33)28-22-10-12-23(13-11-22)31-16-14-30(15-17-31)19-21-7-4-3-5-8-21/h3-13,18,20,25H,14-17,19H2,1-2H3,(H,28,33)(H,29,32). The van der Waals surface area contributed by atoms with Crippen molar-refractivity contribution in [3.8, 4) is 0 Å². The molecule has 2 N–H and O–H groups in total. The van der Waals surface area contributed by atoms with Gasteiger partial charge in [0, 0.05) is 44.1 Å². The predicted molar refractivity (Wildman–Crippen MR) is 139 cm³/mol. The molecule has 1 unspecified atom stereocenters. The minimum Gasteiger partial charge on any atom is -0.369 e. The molecule has 3 aromatic rings. The van der Waals surface area contributed by atoms with Gasteiger partial charge >= 0.3 is 0 Å². The number of hydrogen-bond donors (Lipinski definition) is 2. The smallest absolute Gasteiger partial charge is 0.262 e. The van der Waals surface area contributed by atoms with Crippen LogP contribution in [-0.4, -0.2) is 48.9 Å². The number of piperazine rings is 1. The van der Waals surface area contributed by atoms with Gasteiger partial charge in [-0.05, 0) is 47.2 Å². The molecule has 7 heteroatoms. The van der Waals surface area contributed by atoms with Gasteiger partial charge in [-0.3, -0.25) is 14.5 Å². The second-order valence-corrected chi connectivity index (χ2v) is 9.91. The van der Waals surface area contributed by atoms with Crippen LogP contribution in [0.4, 0.5) is 11.4 Å². The molecule has 6 nitrogen and oxygen atoms in total. The molecule has 1 saturated heterocycles. The van der Waals surface area contributed by atoms with Gasteiger partial charge in [0.25, 0.3) is 5.91 Å². The molecule has 0 spiro atoms. The number of carbonyl (C=O) groups is 2. The summed E-state index contributed by atoms with van der Waals surface area (Å²) in [5.41, 5.74) is 3.23. The minimum atomic E-state index is -0.605. The largest absolute Gasteiger partial charge is 0.369 e. The zero-order chi connectivity index (χ0) is 23.9. The first-order chi connectivity index (χ1) is 16.5. The second-order valence-electron chi connectivity index (χ2n) is 8.96. The average Bonchev–Trinajstić information content (AvgIpc) is 3.39. The molecular weight excluding hydrogens is 444 g/mol. The lowest BCUT2D eigenvalue weighted by Gasteiger charge is -2.36. The Morgan fingerprint density at radius 1 is 0.912 bits per heavy atom. The van der Waals surface area contributed by atoms with E-state index in [4.69, 9.17) is 0 Å². The van der Waals surface area contributed by atoms with Gasteiger partial charge < -0.3 is 15.5 Å². The number of nitrogens with one attached hydrogen (secondary N) is 2. The average molecular weight is 477 g/mol. The lowest BCUT2D eigenvalue weighted by Crippen LogP contribution is -2.47. The number of amides is 2. The summed E-state index contributed by atoms with van der Waals surface area (Å²) in [5, 5.41) is 7.68. The van der Waals surface area contributed by atoms with Crippen molar-refractivity contribution in [2.24, 2.45) is 5.92 Å². The molecule has 178 valence electrons. The van der Waals surface area contributed by atoms with Gasteiger partial charge in [0.2, 0.25) is 5.91 Å². The van der Waals surface area contributed by atoms with Crippen molar-refractivity contribution in [3.05, 3.63) is 82.6 Å². The number of anilines is 2. The fourth-order valence-electron chi connectivity index (χ4n) is 4.14. The van der Waals surface area contributed by atoms with Crippen LogP contribution in [0.5, 0.6) is 0 Å². The SMILES string of the molecule is CC(C)C(NC(=O)c1cccs1)C(=O)Nc1ccc(N2CCN(Cc3ccccc3)CC2)cc1. The highest BCUT2D eigenvalue weighted by molar-refractivity contribution is 7.12. The monoisotopic (exact) mass is 476 g/mol. The molecule has 0 aliphatic carbocycles. The third-order valence-electron chi connectivity index (χ3n) is 6.10. The summed E-state index contributed by atoms with van der Waals surface area (Å²) in [6, 6.07) is 21.5. The van der Waals surface area contributed by atoms with Gasteiger partial charge in [0.15, 0.2) is 0 Å². The van der Waals surface area contributed by atoms with Crippen LogP contribution in [0.1, 0.15) is 29.1 Å². The van der Waals surface area contributed by atoms with Crippen LogP contribution < -0.4 is 15.5 Å². The first-order valence-corrected chi connectivity index (χ1v) is 12.6. The van der Waals surface area contributed by atoms with E-state index in [-0.39, 0.29) is 17.7 Å². The van der Waals surface area contributed by atoms with Crippen molar-refractivity contribution < 1.29 is 9.59 Å². The maximum absolute atomic E-state index is 12.9. The van der Waals surface area contributed by atoms with Crippen LogP contribution in [-0.2, 0) is 11.3 Å². The van der Waals surface area contributed by atoms with Gasteiger partial charge in [0.05, 0.1) is 4.88 Å². The van der Waals surface area contributed by atoms with Crippen LogP contribution in [0.3, 0.4) is 0 Å². The van der Waals surface area contributed by atoms with Crippen molar-refractivity contribution >= 4 is 34.5 Å². The van der Waals surface area contributed by atoms with E-state index < -0.39 is 6.04 Å². The first kappa shape index (κ1) is 24.0. The summed E-state index contributed by atoms with van der Waals surface area (Å²) < 4.78 is 0. The van der Waals surface area contributed by atoms with E-state index in [0.29, 0.717) is 4.88 Å². The Morgan fingerprint density at radius 3 is 2.24 bits per heavy atom. The van der Waals surface area contributed by atoms with E-state index >= 15 is 0 Å². The minimum absolute atomic E-state index is 0.0321. The van der Waals surface area contributed by atoms with Crippen molar-refractivity contribution in [1.29, 1.82) is 0 Å². The van der Waals surface area contributed by atoms with Crippen molar-refractivity contribution in [2.75, 3.05) is 36.4 Å². The number of rotatable bonds is 8. The zero-order valence-corrected chi connectivity index (χ0v) is 20.6. The van der Waals surface area contributed by atoms with Gasteiger partial charge in [-0.1, -0.05) is 50.2 Å². The quantitative estimate of drug-likeness (QED) is 0.504. The van der Waals surface area contributed by atoms with Crippen LogP contribution >= 0.6 is 11.3 Å². The Hall–Kier alpha value is -3.16.